The summed E-state index contributed by atoms with van der Waals surface area (Å²) in [5.41, 5.74) is 1.24. The number of aliphatic hydroxyl groups excluding tert-OH is 1. The Bertz CT molecular complexity index is 244. The van der Waals surface area contributed by atoms with Crippen molar-refractivity contribution in [3.8, 4) is 0 Å². The van der Waals surface area contributed by atoms with E-state index in [9.17, 15) is 0 Å². The monoisotopic (exact) mass is 210 g/mol. The molecule has 15 heavy (non-hydrogen) atoms. The van der Waals surface area contributed by atoms with Gasteiger partial charge in [0, 0.05) is 6.61 Å². The fourth-order valence-electron chi connectivity index (χ4n) is 0.968. The van der Waals surface area contributed by atoms with Crippen LogP contribution >= 0.6 is 0 Å². The molecule has 0 radical (unpaired) electrons. The van der Waals surface area contributed by atoms with E-state index in [0.717, 1.165) is 19.8 Å². The Labute approximate surface area is 90.6 Å². The molecule has 0 aromatic heterocycles. The average molecular weight is 210 g/mol. The van der Waals surface area contributed by atoms with E-state index < -0.39 is 0 Å². The van der Waals surface area contributed by atoms with Gasteiger partial charge in [0.25, 0.3) is 0 Å². The lowest BCUT2D eigenvalue weighted by atomic mass is 10.2. The summed E-state index contributed by atoms with van der Waals surface area (Å²) >= 11 is 0. The van der Waals surface area contributed by atoms with E-state index in [0.29, 0.717) is 0 Å². The normalized spacial score (nSPS) is 17.9. The molecule has 0 spiro atoms. The molecule has 2 rings (SSSR count). The van der Waals surface area contributed by atoms with Gasteiger partial charge in [0.05, 0.1) is 19.8 Å². The van der Waals surface area contributed by atoms with Crippen molar-refractivity contribution in [1.82, 2.24) is 0 Å². The maximum absolute atomic E-state index is 8.08. The molecular formula is C12H18O3. The van der Waals surface area contributed by atoms with E-state index in [1.165, 1.54) is 5.56 Å². The minimum Gasteiger partial charge on any atom is -0.394 e. The summed E-state index contributed by atoms with van der Waals surface area (Å²) in [4.78, 5) is 0. The van der Waals surface area contributed by atoms with Crippen molar-refractivity contribution >= 4 is 0 Å². The van der Waals surface area contributed by atoms with Crippen molar-refractivity contribution in [3.05, 3.63) is 35.9 Å². The number of hydrogen-bond donors (Lipinski definition) is 1. The second kappa shape index (κ2) is 7.40. The molecule has 3 nitrogen and oxygen atoms in total. The molecule has 0 saturated carbocycles. The van der Waals surface area contributed by atoms with E-state index in [4.69, 9.17) is 9.84 Å². The van der Waals surface area contributed by atoms with Crippen molar-refractivity contribution < 1.29 is 14.6 Å². The van der Waals surface area contributed by atoms with Gasteiger partial charge in [0.1, 0.15) is 6.10 Å². The quantitative estimate of drug-likeness (QED) is 0.767. The molecule has 1 atom stereocenters. The molecule has 0 amide bonds. The van der Waals surface area contributed by atoms with Crippen LogP contribution in [0.2, 0.25) is 0 Å². The van der Waals surface area contributed by atoms with Crippen LogP contribution in [0, 0.1) is 0 Å². The lowest BCUT2D eigenvalue weighted by Crippen LogP contribution is -1.90. The smallest absolute Gasteiger partial charge is 0.104 e. The molecule has 0 aliphatic carbocycles. The Morgan fingerprint density at radius 2 is 2.07 bits per heavy atom. The first-order valence-electron chi connectivity index (χ1n) is 5.21. The lowest BCUT2D eigenvalue weighted by Gasteiger charge is -1.98. The zero-order valence-corrected chi connectivity index (χ0v) is 9.06. The third-order valence-electron chi connectivity index (χ3n) is 1.92. The van der Waals surface area contributed by atoms with Gasteiger partial charge in [-0.15, -0.1) is 0 Å². The van der Waals surface area contributed by atoms with Gasteiger partial charge in [0.2, 0.25) is 0 Å². The van der Waals surface area contributed by atoms with Crippen molar-refractivity contribution in [2.45, 2.75) is 19.6 Å². The average Bonchev–Trinajstić information content (AvgIpc) is 3.12. The Morgan fingerprint density at radius 1 is 1.40 bits per heavy atom. The van der Waals surface area contributed by atoms with Crippen molar-refractivity contribution in [3.63, 3.8) is 0 Å². The first-order valence-corrected chi connectivity index (χ1v) is 5.21. The van der Waals surface area contributed by atoms with Crippen LogP contribution in [0.25, 0.3) is 0 Å². The molecule has 1 unspecified atom stereocenters. The molecule has 1 fully saturated rings. The molecule has 84 valence electrons. The SMILES string of the molecule is CCOCc1ccccc1.OCC1CO1. The summed E-state index contributed by atoms with van der Waals surface area (Å²) in [5.74, 6) is 0. The van der Waals surface area contributed by atoms with Crippen LogP contribution in [-0.4, -0.2) is 31.0 Å². The lowest BCUT2D eigenvalue weighted by molar-refractivity contribution is 0.134. The van der Waals surface area contributed by atoms with Gasteiger partial charge in [-0.1, -0.05) is 30.3 Å². The predicted molar refractivity (Wildman–Crippen MR) is 58.6 cm³/mol. The fraction of sp³-hybridized carbons (Fsp3) is 0.500. The standard InChI is InChI=1S/C9H12O.C3H6O2/c1-2-10-8-9-6-4-3-5-7-9;4-1-3-2-5-3/h3-7H,2,8H2,1H3;3-4H,1-2H2. The minimum absolute atomic E-state index is 0.190. The largest absolute Gasteiger partial charge is 0.394 e. The summed E-state index contributed by atoms with van der Waals surface area (Å²) in [6.07, 6.45) is 0.190. The summed E-state index contributed by atoms with van der Waals surface area (Å²) in [7, 11) is 0. The van der Waals surface area contributed by atoms with Crippen molar-refractivity contribution in [2.75, 3.05) is 19.8 Å². The summed E-state index contributed by atoms with van der Waals surface area (Å²) in [6, 6.07) is 10.2. The molecule has 1 aliphatic heterocycles. The first kappa shape index (κ1) is 12.2. The molecule has 1 heterocycles. The van der Waals surface area contributed by atoms with E-state index in [-0.39, 0.29) is 12.7 Å². The number of epoxide rings is 1. The van der Waals surface area contributed by atoms with Crippen LogP contribution in [0.1, 0.15) is 12.5 Å². The molecule has 1 aromatic carbocycles. The third-order valence-corrected chi connectivity index (χ3v) is 1.92. The fourth-order valence-corrected chi connectivity index (χ4v) is 0.968. The Balaban J connectivity index is 0.000000187. The van der Waals surface area contributed by atoms with E-state index in [2.05, 4.69) is 16.9 Å². The Morgan fingerprint density at radius 3 is 2.47 bits per heavy atom. The zero-order valence-electron chi connectivity index (χ0n) is 9.06. The van der Waals surface area contributed by atoms with Gasteiger partial charge < -0.3 is 14.6 Å². The zero-order chi connectivity index (χ0) is 10.9. The van der Waals surface area contributed by atoms with E-state index >= 15 is 0 Å². The predicted octanol–water partition coefficient (Wildman–Crippen LogP) is 1.60. The molecular weight excluding hydrogens is 192 g/mol. The van der Waals surface area contributed by atoms with Crippen LogP contribution in [0.5, 0.6) is 0 Å². The number of ether oxygens (including phenoxy) is 2. The maximum atomic E-state index is 8.08. The maximum Gasteiger partial charge on any atom is 0.104 e. The third kappa shape index (κ3) is 6.23. The van der Waals surface area contributed by atoms with Crippen molar-refractivity contribution in [1.29, 1.82) is 0 Å². The number of benzene rings is 1. The van der Waals surface area contributed by atoms with Crippen molar-refractivity contribution in [2.24, 2.45) is 0 Å². The van der Waals surface area contributed by atoms with Gasteiger partial charge in [0.15, 0.2) is 0 Å². The molecule has 1 saturated heterocycles. The summed E-state index contributed by atoms with van der Waals surface area (Å²) in [6.45, 7) is 4.48. The van der Waals surface area contributed by atoms with Crippen LogP contribution < -0.4 is 0 Å². The minimum atomic E-state index is 0.190. The number of aliphatic hydroxyl groups is 1. The molecule has 1 aliphatic rings. The van der Waals surface area contributed by atoms with Gasteiger partial charge in [-0.05, 0) is 12.5 Å². The van der Waals surface area contributed by atoms with Crippen LogP contribution in [0.15, 0.2) is 30.3 Å². The molecule has 3 heteroatoms. The summed E-state index contributed by atoms with van der Waals surface area (Å²) in [5, 5.41) is 8.08. The highest BCUT2D eigenvalue weighted by atomic mass is 16.6. The van der Waals surface area contributed by atoms with Gasteiger partial charge in [-0.2, -0.15) is 0 Å². The molecule has 0 bridgehead atoms. The van der Waals surface area contributed by atoms with E-state index in [1.807, 2.05) is 25.1 Å². The summed E-state index contributed by atoms with van der Waals surface area (Å²) < 4.78 is 9.83. The number of rotatable bonds is 4. The Kier molecular flexibility index (Phi) is 6.00. The molecule has 1 N–H and O–H groups in total. The second-order valence-electron chi connectivity index (χ2n) is 3.26. The van der Waals surface area contributed by atoms with Gasteiger partial charge in [-0.25, -0.2) is 0 Å². The van der Waals surface area contributed by atoms with Crippen LogP contribution in [-0.2, 0) is 16.1 Å². The van der Waals surface area contributed by atoms with Gasteiger partial charge >= 0.3 is 0 Å². The van der Waals surface area contributed by atoms with Gasteiger partial charge in [-0.3, -0.25) is 0 Å². The number of hydrogen-bond acceptors (Lipinski definition) is 3. The Hall–Kier alpha value is -0.900. The first-order chi connectivity index (χ1) is 7.36. The second-order valence-corrected chi connectivity index (χ2v) is 3.26. The highest BCUT2D eigenvalue weighted by Crippen LogP contribution is 2.04. The van der Waals surface area contributed by atoms with Crippen LogP contribution in [0.4, 0.5) is 0 Å². The highest BCUT2D eigenvalue weighted by molar-refractivity contribution is 5.13. The van der Waals surface area contributed by atoms with Crippen LogP contribution in [0.3, 0.4) is 0 Å². The topological polar surface area (TPSA) is 42.0 Å². The molecule has 1 aromatic rings. The highest BCUT2D eigenvalue weighted by Gasteiger charge is 2.19. The van der Waals surface area contributed by atoms with E-state index in [1.54, 1.807) is 0 Å².